The van der Waals surface area contributed by atoms with E-state index in [-0.39, 0.29) is 12.1 Å². The molecule has 0 spiro atoms. The van der Waals surface area contributed by atoms with Gasteiger partial charge in [-0.15, -0.1) is 0 Å². The van der Waals surface area contributed by atoms with E-state index in [1.807, 2.05) is 0 Å². The molecule has 0 fully saturated rings. The summed E-state index contributed by atoms with van der Waals surface area (Å²) in [6, 6.07) is 1.68. The number of aryl methyl sites for hydroxylation is 2. The minimum Gasteiger partial charge on any atom is -0.477 e. The van der Waals surface area contributed by atoms with Crippen molar-refractivity contribution in [1.82, 2.24) is 4.57 Å². The van der Waals surface area contributed by atoms with E-state index in [9.17, 15) is 9.59 Å². The second kappa shape index (κ2) is 4.65. The number of hydrogen-bond donors (Lipinski definition) is 1. The average Bonchev–Trinajstić information content (AvgIpc) is 2.10. The van der Waals surface area contributed by atoms with Crippen molar-refractivity contribution in [2.75, 3.05) is 0 Å². The van der Waals surface area contributed by atoms with Crippen molar-refractivity contribution in [3.8, 4) is 0 Å². The first-order chi connectivity index (χ1) is 7.34. The lowest BCUT2D eigenvalue weighted by Gasteiger charge is -2.11. The van der Waals surface area contributed by atoms with Gasteiger partial charge < -0.3 is 9.67 Å². The average molecular weight is 286 g/mol. The van der Waals surface area contributed by atoms with E-state index < -0.39 is 11.5 Å². The molecule has 0 aliphatic rings. The van der Waals surface area contributed by atoms with Gasteiger partial charge in [0.2, 0.25) is 0 Å². The largest absolute Gasteiger partial charge is 0.477 e. The molecule has 0 radical (unpaired) electrons. The van der Waals surface area contributed by atoms with Crippen LogP contribution in [0.5, 0.6) is 0 Å². The van der Waals surface area contributed by atoms with Gasteiger partial charge in [-0.1, -0.05) is 22.5 Å². The zero-order valence-corrected chi connectivity index (χ0v) is 10.7. The van der Waals surface area contributed by atoms with Gasteiger partial charge in [-0.05, 0) is 25.5 Å². The van der Waals surface area contributed by atoms with Crippen LogP contribution in [-0.2, 0) is 6.54 Å². The summed E-state index contributed by atoms with van der Waals surface area (Å²) in [5, 5.41) is 8.95. The van der Waals surface area contributed by atoms with Crippen LogP contribution in [0.3, 0.4) is 0 Å². The second-order valence-electron chi connectivity index (χ2n) is 3.56. The van der Waals surface area contributed by atoms with Crippen molar-refractivity contribution in [3.05, 3.63) is 44.3 Å². The van der Waals surface area contributed by atoms with Gasteiger partial charge in [0.15, 0.2) is 0 Å². The number of carboxylic acid groups (broad SMARTS) is 1. The third-order valence-corrected chi connectivity index (χ3v) is 2.50. The number of carboxylic acids is 1. The summed E-state index contributed by atoms with van der Waals surface area (Å²) in [7, 11) is 0. The summed E-state index contributed by atoms with van der Waals surface area (Å²) >= 11 is 3.16. The van der Waals surface area contributed by atoms with Crippen LogP contribution in [0.4, 0.5) is 0 Å². The highest BCUT2D eigenvalue weighted by molar-refractivity contribution is 9.11. The third kappa shape index (κ3) is 2.41. The molecule has 86 valence electrons. The fourth-order valence-electron chi connectivity index (χ4n) is 1.56. The maximum absolute atomic E-state index is 11.9. The Morgan fingerprint density at radius 2 is 2.12 bits per heavy atom. The first-order valence-electron chi connectivity index (χ1n) is 4.62. The highest BCUT2D eigenvalue weighted by Gasteiger charge is 2.16. The Bertz CT molecular complexity index is 517. The quantitative estimate of drug-likeness (QED) is 0.925. The van der Waals surface area contributed by atoms with Gasteiger partial charge in [0, 0.05) is 10.2 Å². The van der Waals surface area contributed by atoms with E-state index in [4.69, 9.17) is 5.11 Å². The van der Waals surface area contributed by atoms with Crippen LogP contribution >= 0.6 is 15.9 Å². The number of aromatic carboxylic acids is 1. The molecule has 0 bridgehead atoms. The van der Waals surface area contributed by atoms with Crippen LogP contribution in [0.15, 0.2) is 21.9 Å². The molecule has 0 aliphatic carbocycles. The second-order valence-corrected chi connectivity index (χ2v) is 4.68. The van der Waals surface area contributed by atoms with Gasteiger partial charge in [0.25, 0.3) is 5.56 Å². The molecule has 1 aromatic heterocycles. The molecule has 1 heterocycles. The number of nitrogens with zero attached hydrogens (tertiary/aromatic N) is 1. The normalized spacial score (nSPS) is 10.2. The zero-order chi connectivity index (χ0) is 12.5. The molecule has 5 heteroatoms. The standard InChI is InChI=1S/C11H12BrNO3/c1-6-4-8(3)13(5-7(2)12)10(14)9(6)11(15)16/h4H,2,5H2,1,3H3,(H,15,16). The van der Waals surface area contributed by atoms with E-state index in [0.29, 0.717) is 15.7 Å². The maximum atomic E-state index is 11.9. The van der Waals surface area contributed by atoms with Gasteiger partial charge in [-0.3, -0.25) is 4.79 Å². The Balaban J connectivity index is 3.51. The van der Waals surface area contributed by atoms with Crippen molar-refractivity contribution in [1.29, 1.82) is 0 Å². The summed E-state index contributed by atoms with van der Waals surface area (Å²) in [5.74, 6) is -1.20. The Morgan fingerprint density at radius 3 is 2.56 bits per heavy atom. The maximum Gasteiger partial charge on any atom is 0.341 e. The lowest BCUT2D eigenvalue weighted by molar-refractivity contribution is 0.0693. The van der Waals surface area contributed by atoms with E-state index in [2.05, 4.69) is 22.5 Å². The smallest absolute Gasteiger partial charge is 0.341 e. The van der Waals surface area contributed by atoms with E-state index >= 15 is 0 Å². The van der Waals surface area contributed by atoms with Gasteiger partial charge in [-0.2, -0.15) is 0 Å². The number of pyridine rings is 1. The molecule has 1 N–H and O–H groups in total. The minimum absolute atomic E-state index is 0.181. The number of rotatable bonds is 3. The molecule has 4 nitrogen and oxygen atoms in total. The third-order valence-electron chi connectivity index (χ3n) is 2.25. The zero-order valence-electron chi connectivity index (χ0n) is 9.08. The summed E-state index contributed by atoms with van der Waals surface area (Å²) < 4.78 is 2.01. The van der Waals surface area contributed by atoms with E-state index in [0.717, 1.165) is 0 Å². The van der Waals surface area contributed by atoms with Gasteiger partial charge in [-0.25, -0.2) is 4.79 Å². The SMILES string of the molecule is C=C(Br)Cn1c(C)cc(C)c(C(=O)O)c1=O. The molecule has 0 saturated carbocycles. The predicted octanol–water partition coefficient (Wildman–Crippen LogP) is 2.07. The van der Waals surface area contributed by atoms with Crippen LogP contribution in [-0.4, -0.2) is 15.6 Å². The summed E-state index contributed by atoms with van der Waals surface area (Å²) in [4.78, 5) is 22.9. The Morgan fingerprint density at radius 1 is 1.56 bits per heavy atom. The molecule has 0 amide bonds. The van der Waals surface area contributed by atoms with Crippen LogP contribution in [0.2, 0.25) is 0 Å². The summed E-state index contributed by atoms with van der Waals surface area (Å²) in [6.45, 7) is 7.28. The molecule has 0 saturated heterocycles. The first-order valence-corrected chi connectivity index (χ1v) is 5.41. The number of aromatic nitrogens is 1. The van der Waals surface area contributed by atoms with Crippen molar-refractivity contribution >= 4 is 21.9 Å². The molecule has 1 rings (SSSR count). The molecule has 0 unspecified atom stereocenters. The van der Waals surface area contributed by atoms with Crippen LogP contribution in [0, 0.1) is 13.8 Å². The molecular weight excluding hydrogens is 274 g/mol. The van der Waals surface area contributed by atoms with E-state index in [1.165, 1.54) is 4.57 Å². The van der Waals surface area contributed by atoms with E-state index in [1.54, 1.807) is 19.9 Å². The Labute approximate surface area is 101 Å². The minimum atomic E-state index is -1.20. The fraction of sp³-hybridized carbons (Fsp3) is 0.273. The number of halogens is 1. The molecular formula is C11H12BrNO3. The van der Waals surface area contributed by atoms with Gasteiger partial charge in [0.1, 0.15) is 5.56 Å². The van der Waals surface area contributed by atoms with Crippen LogP contribution < -0.4 is 5.56 Å². The van der Waals surface area contributed by atoms with Crippen molar-refractivity contribution in [3.63, 3.8) is 0 Å². The van der Waals surface area contributed by atoms with Crippen LogP contribution in [0.1, 0.15) is 21.6 Å². The fourth-order valence-corrected chi connectivity index (χ4v) is 1.81. The Kier molecular flexibility index (Phi) is 3.70. The predicted molar refractivity (Wildman–Crippen MR) is 65.2 cm³/mol. The molecule has 0 aliphatic heterocycles. The molecule has 16 heavy (non-hydrogen) atoms. The molecule has 1 aromatic rings. The molecule has 0 atom stereocenters. The van der Waals surface area contributed by atoms with Crippen LogP contribution in [0.25, 0.3) is 0 Å². The lowest BCUT2D eigenvalue weighted by atomic mass is 10.1. The molecule has 0 aromatic carbocycles. The van der Waals surface area contributed by atoms with Gasteiger partial charge >= 0.3 is 5.97 Å². The topological polar surface area (TPSA) is 59.3 Å². The number of hydrogen-bond acceptors (Lipinski definition) is 2. The highest BCUT2D eigenvalue weighted by atomic mass is 79.9. The lowest BCUT2D eigenvalue weighted by Crippen LogP contribution is -2.29. The van der Waals surface area contributed by atoms with Crippen molar-refractivity contribution in [2.45, 2.75) is 20.4 Å². The summed E-state index contributed by atoms with van der Waals surface area (Å²) in [6.07, 6.45) is 0. The van der Waals surface area contributed by atoms with Crippen molar-refractivity contribution in [2.24, 2.45) is 0 Å². The van der Waals surface area contributed by atoms with Crippen molar-refractivity contribution < 1.29 is 9.90 Å². The summed E-state index contributed by atoms with van der Waals surface area (Å²) in [5.41, 5.74) is 0.518. The monoisotopic (exact) mass is 285 g/mol. The number of carbonyl (C=O) groups is 1. The number of allylic oxidation sites excluding steroid dienone is 1. The first kappa shape index (κ1) is 12.7. The highest BCUT2D eigenvalue weighted by Crippen LogP contribution is 2.10. The Hall–Kier alpha value is -1.36. The van der Waals surface area contributed by atoms with Gasteiger partial charge in [0.05, 0.1) is 6.54 Å².